The maximum Gasteiger partial charge on any atom is 0.250 e. The third-order valence-electron chi connectivity index (χ3n) is 3.91. The lowest BCUT2D eigenvalue weighted by Gasteiger charge is -2.02. The molecule has 0 saturated heterocycles. The largest absolute Gasteiger partial charge is 0.298 e. The summed E-state index contributed by atoms with van der Waals surface area (Å²) >= 11 is 13.3. The molecule has 0 saturated carbocycles. The van der Waals surface area contributed by atoms with E-state index in [0.717, 1.165) is 16.8 Å². The van der Waals surface area contributed by atoms with Gasteiger partial charge in [-0.2, -0.15) is 0 Å². The molecule has 2 aromatic carbocycles. The second-order valence-corrected chi connectivity index (χ2v) is 7.53. The van der Waals surface area contributed by atoms with Gasteiger partial charge >= 0.3 is 0 Å². The lowest BCUT2D eigenvalue weighted by Crippen LogP contribution is -2.07. The van der Waals surface area contributed by atoms with Crippen LogP contribution in [0.15, 0.2) is 47.9 Å². The molecule has 3 nitrogen and oxygen atoms in total. The molecule has 0 fully saturated rings. The van der Waals surface area contributed by atoms with Gasteiger partial charge in [0.15, 0.2) is 5.13 Å². The minimum atomic E-state index is -0.267. The number of nitrogens with one attached hydrogen (secondary N) is 1. The van der Waals surface area contributed by atoms with Gasteiger partial charge in [-0.05, 0) is 54.8 Å². The van der Waals surface area contributed by atoms with Crippen LogP contribution >= 0.6 is 34.5 Å². The Morgan fingerprint density at radius 1 is 1.12 bits per heavy atom. The third-order valence-corrected chi connectivity index (χ3v) is 5.23. The molecule has 0 atom stereocenters. The monoisotopic (exact) mass is 402 g/mol. The Balaban J connectivity index is 1.69. The van der Waals surface area contributed by atoms with Gasteiger partial charge in [-0.3, -0.25) is 10.1 Å². The molecule has 132 valence electrons. The quantitative estimate of drug-likeness (QED) is 0.513. The summed E-state index contributed by atoms with van der Waals surface area (Å²) < 4.78 is 0. The molecule has 1 N–H and O–H groups in total. The Labute approximate surface area is 166 Å². The molecule has 1 heterocycles. The fraction of sp³-hybridized carbons (Fsp3) is 0.100. The van der Waals surface area contributed by atoms with Crippen LogP contribution < -0.4 is 5.32 Å². The standard InChI is InChI=1S/C20H16Cl2N2OS/c1-12-3-4-15(9-13(12)2)18-11-26-20(23-18)24-19(25)8-6-14-5-7-16(21)10-17(14)22/h3-11H,1-2H3,(H,23,24,25). The predicted molar refractivity (Wildman–Crippen MR) is 111 cm³/mol. The van der Waals surface area contributed by atoms with Gasteiger partial charge in [-0.25, -0.2) is 4.98 Å². The summed E-state index contributed by atoms with van der Waals surface area (Å²) in [4.78, 5) is 16.6. The SMILES string of the molecule is Cc1ccc(-c2csc(NC(=O)C=Cc3ccc(Cl)cc3Cl)n2)cc1C. The Kier molecular flexibility index (Phi) is 5.77. The molecule has 6 heteroatoms. The van der Waals surface area contributed by atoms with Crippen LogP contribution in [0.4, 0.5) is 5.13 Å². The van der Waals surface area contributed by atoms with E-state index in [-0.39, 0.29) is 5.91 Å². The number of carbonyl (C=O) groups excluding carboxylic acids is 1. The molecule has 3 rings (SSSR count). The summed E-state index contributed by atoms with van der Waals surface area (Å²) in [6, 6.07) is 11.3. The van der Waals surface area contributed by atoms with Crippen molar-refractivity contribution >= 4 is 51.7 Å². The van der Waals surface area contributed by atoms with Crippen molar-refractivity contribution in [1.82, 2.24) is 4.98 Å². The van der Waals surface area contributed by atoms with Crippen molar-refractivity contribution in [2.75, 3.05) is 5.32 Å². The average molecular weight is 403 g/mol. The van der Waals surface area contributed by atoms with Gasteiger partial charge in [-0.1, -0.05) is 41.4 Å². The number of carbonyl (C=O) groups is 1. The van der Waals surface area contributed by atoms with Crippen molar-refractivity contribution in [3.05, 3.63) is 74.6 Å². The lowest BCUT2D eigenvalue weighted by molar-refractivity contribution is -0.111. The van der Waals surface area contributed by atoms with E-state index < -0.39 is 0 Å². The Bertz CT molecular complexity index is 995. The summed E-state index contributed by atoms with van der Waals surface area (Å²) in [6.45, 7) is 4.14. The zero-order valence-corrected chi connectivity index (χ0v) is 16.5. The Morgan fingerprint density at radius 2 is 1.92 bits per heavy atom. The van der Waals surface area contributed by atoms with Gasteiger partial charge < -0.3 is 0 Å². The molecule has 0 aliphatic carbocycles. The molecular weight excluding hydrogens is 387 g/mol. The number of benzene rings is 2. The average Bonchev–Trinajstić information content (AvgIpc) is 3.05. The summed E-state index contributed by atoms with van der Waals surface area (Å²) in [6.07, 6.45) is 3.07. The van der Waals surface area contributed by atoms with Crippen molar-refractivity contribution in [2.24, 2.45) is 0 Å². The summed E-state index contributed by atoms with van der Waals surface area (Å²) in [5.74, 6) is -0.267. The molecule has 1 amide bonds. The van der Waals surface area contributed by atoms with Crippen molar-refractivity contribution in [3.8, 4) is 11.3 Å². The number of halogens is 2. The van der Waals surface area contributed by atoms with Crippen molar-refractivity contribution in [3.63, 3.8) is 0 Å². The van der Waals surface area contributed by atoms with Crippen LogP contribution in [0.1, 0.15) is 16.7 Å². The zero-order valence-electron chi connectivity index (χ0n) is 14.2. The fourth-order valence-corrected chi connectivity index (χ4v) is 3.51. The number of aromatic nitrogens is 1. The van der Waals surface area contributed by atoms with E-state index in [1.807, 2.05) is 11.4 Å². The number of thiazole rings is 1. The van der Waals surface area contributed by atoms with E-state index in [0.29, 0.717) is 15.2 Å². The molecule has 0 spiro atoms. The number of nitrogens with zero attached hydrogens (tertiary/aromatic N) is 1. The van der Waals surface area contributed by atoms with E-state index in [9.17, 15) is 4.79 Å². The third kappa shape index (κ3) is 4.52. The summed E-state index contributed by atoms with van der Waals surface area (Å²) in [7, 11) is 0. The first kappa shape index (κ1) is 18.6. The fourth-order valence-electron chi connectivity index (χ4n) is 2.31. The Morgan fingerprint density at radius 3 is 2.65 bits per heavy atom. The van der Waals surface area contributed by atoms with E-state index in [1.165, 1.54) is 28.5 Å². The van der Waals surface area contributed by atoms with Gasteiger partial charge in [0.1, 0.15) is 0 Å². The molecular formula is C20H16Cl2N2OS. The number of aryl methyl sites for hydroxylation is 2. The van der Waals surface area contributed by atoms with Crippen molar-refractivity contribution < 1.29 is 4.79 Å². The van der Waals surface area contributed by atoms with Crippen LogP contribution in [0.5, 0.6) is 0 Å². The smallest absolute Gasteiger partial charge is 0.250 e. The molecule has 0 aliphatic heterocycles. The second kappa shape index (κ2) is 8.04. The maximum absolute atomic E-state index is 12.1. The highest BCUT2D eigenvalue weighted by molar-refractivity contribution is 7.14. The number of rotatable bonds is 4. The van der Waals surface area contributed by atoms with E-state index in [2.05, 4.69) is 36.3 Å². The minimum Gasteiger partial charge on any atom is -0.298 e. The van der Waals surface area contributed by atoms with Crippen LogP contribution in [-0.4, -0.2) is 10.9 Å². The van der Waals surface area contributed by atoms with Crippen LogP contribution in [0.2, 0.25) is 10.0 Å². The number of hydrogen-bond acceptors (Lipinski definition) is 3. The van der Waals surface area contributed by atoms with Crippen LogP contribution in [0.25, 0.3) is 17.3 Å². The van der Waals surface area contributed by atoms with Gasteiger partial charge in [-0.15, -0.1) is 11.3 Å². The van der Waals surface area contributed by atoms with Crippen molar-refractivity contribution in [1.29, 1.82) is 0 Å². The highest BCUT2D eigenvalue weighted by atomic mass is 35.5. The van der Waals surface area contributed by atoms with E-state index in [1.54, 1.807) is 24.3 Å². The molecule has 3 aromatic rings. The maximum atomic E-state index is 12.1. The summed E-state index contributed by atoms with van der Waals surface area (Å²) in [5, 5.41) is 6.30. The van der Waals surface area contributed by atoms with Crippen LogP contribution in [-0.2, 0) is 4.79 Å². The minimum absolute atomic E-state index is 0.267. The van der Waals surface area contributed by atoms with Gasteiger partial charge in [0.05, 0.1) is 5.69 Å². The van der Waals surface area contributed by atoms with Crippen LogP contribution in [0.3, 0.4) is 0 Å². The van der Waals surface area contributed by atoms with Crippen molar-refractivity contribution in [2.45, 2.75) is 13.8 Å². The normalized spacial score (nSPS) is 11.1. The molecule has 0 bridgehead atoms. The zero-order chi connectivity index (χ0) is 18.7. The first-order valence-electron chi connectivity index (χ1n) is 7.89. The lowest BCUT2D eigenvalue weighted by atomic mass is 10.1. The first-order chi connectivity index (χ1) is 12.4. The molecule has 0 aliphatic rings. The number of hydrogen-bond donors (Lipinski definition) is 1. The predicted octanol–water partition coefficient (Wildman–Crippen LogP) is 6.39. The second-order valence-electron chi connectivity index (χ2n) is 5.83. The molecule has 1 aromatic heterocycles. The molecule has 0 unspecified atom stereocenters. The van der Waals surface area contributed by atoms with Gasteiger partial charge in [0.25, 0.3) is 0 Å². The first-order valence-corrected chi connectivity index (χ1v) is 9.53. The Hall–Kier alpha value is -2.14. The van der Waals surface area contributed by atoms with E-state index in [4.69, 9.17) is 23.2 Å². The van der Waals surface area contributed by atoms with E-state index >= 15 is 0 Å². The highest BCUT2D eigenvalue weighted by Crippen LogP contribution is 2.26. The summed E-state index contributed by atoms with van der Waals surface area (Å²) in [5.41, 5.74) is 5.06. The molecule has 26 heavy (non-hydrogen) atoms. The van der Waals surface area contributed by atoms with Gasteiger partial charge in [0, 0.05) is 27.1 Å². The number of amides is 1. The highest BCUT2D eigenvalue weighted by Gasteiger charge is 2.07. The number of anilines is 1. The van der Waals surface area contributed by atoms with Crippen LogP contribution in [0, 0.1) is 13.8 Å². The topological polar surface area (TPSA) is 42.0 Å². The molecule has 0 radical (unpaired) electrons. The van der Waals surface area contributed by atoms with Gasteiger partial charge in [0.2, 0.25) is 5.91 Å².